The van der Waals surface area contributed by atoms with Gasteiger partial charge in [-0.1, -0.05) is 6.07 Å². The highest BCUT2D eigenvalue weighted by molar-refractivity contribution is 5.37. The number of hydrogen-bond donors (Lipinski definition) is 0. The fourth-order valence-corrected chi connectivity index (χ4v) is 0.994. The molecule has 0 unspecified atom stereocenters. The molecule has 0 fully saturated rings. The zero-order valence-electron chi connectivity index (χ0n) is 7.01. The van der Waals surface area contributed by atoms with Crippen LogP contribution in [0.4, 0.5) is 0 Å². The smallest absolute Gasteiger partial charge is 0.226 e. The fourth-order valence-electron chi connectivity index (χ4n) is 0.994. The maximum absolute atomic E-state index is 5.06. The molecule has 0 saturated carbocycles. The minimum atomic E-state index is 0.765. The molecule has 0 aliphatic carbocycles. The number of ether oxygens (including phenoxy) is 1. The lowest BCUT2D eigenvalue weighted by molar-refractivity contribution is 0.414. The van der Waals surface area contributed by atoms with Crippen LogP contribution in [0, 0.1) is 6.33 Å². The van der Waals surface area contributed by atoms with Crippen LogP contribution in [-0.2, 0) is 0 Å². The largest absolute Gasteiger partial charge is 0.497 e. The van der Waals surface area contributed by atoms with Crippen LogP contribution >= 0.6 is 0 Å². The Bertz CT molecular complexity index is 385. The SMILES string of the molecule is COc1cccc(-n2[c]nnn2)c1. The Morgan fingerprint density at radius 3 is 3.08 bits per heavy atom. The summed E-state index contributed by atoms with van der Waals surface area (Å²) >= 11 is 0. The van der Waals surface area contributed by atoms with E-state index < -0.39 is 0 Å². The summed E-state index contributed by atoms with van der Waals surface area (Å²) in [5.74, 6) is 0.765. The molecule has 0 atom stereocenters. The number of hydrogen-bond acceptors (Lipinski definition) is 4. The van der Waals surface area contributed by atoms with Gasteiger partial charge in [0.15, 0.2) is 0 Å². The summed E-state index contributed by atoms with van der Waals surface area (Å²) in [6.07, 6.45) is 2.59. The molecule has 0 amide bonds. The van der Waals surface area contributed by atoms with E-state index in [9.17, 15) is 0 Å². The summed E-state index contributed by atoms with van der Waals surface area (Å²) in [4.78, 5) is 0. The second kappa shape index (κ2) is 3.22. The minimum absolute atomic E-state index is 0.765. The van der Waals surface area contributed by atoms with Gasteiger partial charge in [0.2, 0.25) is 6.33 Å². The average Bonchev–Trinajstić information content (AvgIpc) is 2.71. The van der Waals surface area contributed by atoms with Gasteiger partial charge in [-0.05, 0) is 22.6 Å². The molecule has 1 aromatic carbocycles. The summed E-state index contributed by atoms with van der Waals surface area (Å²) in [5.41, 5.74) is 0.823. The maximum Gasteiger partial charge on any atom is 0.226 e. The molecule has 1 aromatic heterocycles. The molecule has 5 nitrogen and oxygen atoms in total. The summed E-state index contributed by atoms with van der Waals surface area (Å²) in [5, 5.41) is 10.6. The fraction of sp³-hybridized carbons (Fsp3) is 0.125. The molecule has 2 rings (SSSR count). The predicted octanol–water partition coefficient (Wildman–Crippen LogP) is 0.471. The Kier molecular flexibility index (Phi) is 1.91. The molecule has 0 aliphatic rings. The van der Waals surface area contributed by atoms with E-state index in [1.54, 1.807) is 7.11 Å². The second-order valence-electron chi connectivity index (χ2n) is 2.39. The minimum Gasteiger partial charge on any atom is -0.497 e. The lowest BCUT2D eigenvalue weighted by Crippen LogP contribution is -1.95. The number of rotatable bonds is 2. The van der Waals surface area contributed by atoms with Gasteiger partial charge < -0.3 is 4.74 Å². The highest BCUT2D eigenvalue weighted by Gasteiger charge is 1.99. The number of methoxy groups -OCH3 is 1. The van der Waals surface area contributed by atoms with Crippen molar-refractivity contribution in [2.75, 3.05) is 7.11 Å². The Labute approximate surface area is 75.0 Å². The van der Waals surface area contributed by atoms with E-state index in [1.165, 1.54) is 4.68 Å². The molecule has 0 spiro atoms. The van der Waals surface area contributed by atoms with E-state index in [0.717, 1.165) is 11.4 Å². The number of aromatic nitrogens is 4. The Hall–Kier alpha value is -1.91. The Balaban J connectivity index is 2.41. The summed E-state index contributed by atoms with van der Waals surface area (Å²) in [7, 11) is 1.61. The molecule has 0 bridgehead atoms. The molecule has 5 heteroatoms. The van der Waals surface area contributed by atoms with Gasteiger partial charge in [0.25, 0.3) is 0 Å². The Morgan fingerprint density at radius 2 is 2.38 bits per heavy atom. The summed E-state index contributed by atoms with van der Waals surface area (Å²) < 4.78 is 6.50. The molecule has 0 saturated heterocycles. The van der Waals surface area contributed by atoms with Crippen LogP contribution in [0.3, 0.4) is 0 Å². The second-order valence-corrected chi connectivity index (χ2v) is 2.39. The molecule has 1 radical (unpaired) electrons. The highest BCUT2D eigenvalue weighted by Crippen LogP contribution is 2.14. The lowest BCUT2D eigenvalue weighted by atomic mass is 10.3. The van der Waals surface area contributed by atoms with Crippen molar-refractivity contribution in [3.8, 4) is 11.4 Å². The van der Waals surface area contributed by atoms with Gasteiger partial charge >= 0.3 is 0 Å². The quantitative estimate of drug-likeness (QED) is 0.665. The maximum atomic E-state index is 5.06. The van der Waals surface area contributed by atoms with Crippen LogP contribution in [0.1, 0.15) is 0 Å². The third-order valence-corrected chi connectivity index (χ3v) is 1.61. The first kappa shape index (κ1) is 7.72. The van der Waals surface area contributed by atoms with E-state index in [4.69, 9.17) is 4.74 Å². The van der Waals surface area contributed by atoms with Crippen molar-refractivity contribution in [1.82, 2.24) is 20.2 Å². The molecule has 0 N–H and O–H groups in total. The van der Waals surface area contributed by atoms with Gasteiger partial charge in [-0.2, -0.15) is 4.68 Å². The van der Waals surface area contributed by atoms with Crippen molar-refractivity contribution in [1.29, 1.82) is 0 Å². The zero-order chi connectivity index (χ0) is 9.10. The van der Waals surface area contributed by atoms with Crippen molar-refractivity contribution in [2.24, 2.45) is 0 Å². The van der Waals surface area contributed by atoms with Crippen LogP contribution in [0.15, 0.2) is 24.3 Å². The number of nitrogens with zero attached hydrogens (tertiary/aromatic N) is 4. The van der Waals surface area contributed by atoms with Crippen LogP contribution in [0.2, 0.25) is 0 Å². The summed E-state index contributed by atoms with van der Waals surface area (Å²) in [6, 6.07) is 7.42. The normalized spacial score (nSPS) is 9.92. The number of benzene rings is 1. The monoisotopic (exact) mass is 175 g/mol. The standard InChI is InChI=1S/C8H7N4O/c1-13-8-4-2-3-7(5-8)12-6-9-10-11-12/h2-5H,1H3. The first-order valence-corrected chi connectivity index (χ1v) is 3.70. The molecular formula is C8H7N4O. The van der Waals surface area contributed by atoms with Crippen LogP contribution in [0.25, 0.3) is 5.69 Å². The molecule has 2 aromatic rings. The van der Waals surface area contributed by atoms with E-state index in [-0.39, 0.29) is 0 Å². The summed E-state index contributed by atoms with van der Waals surface area (Å²) in [6.45, 7) is 0. The van der Waals surface area contributed by atoms with E-state index in [0.29, 0.717) is 0 Å². The van der Waals surface area contributed by atoms with E-state index in [2.05, 4.69) is 21.9 Å². The molecule has 65 valence electrons. The highest BCUT2D eigenvalue weighted by atomic mass is 16.5. The number of tetrazole rings is 1. The predicted molar refractivity (Wildman–Crippen MR) is 44.5 cm³/mol. The molecule has 0 aliphatic heterocycles. The van der Waals surface area contributed by atoms with Crippen molar-refractivity contribution in [3.63, 3.8) is 0 Å². The van der Waals surface area contributed by atoms with Crippen LogP contribution in [0.5, 0.6) is 5.75 Å². The van der Waals surface area contributed by atoms with Crippen molar-refractivity contribution in [2.45, 2.75) is 0 Å². The van der Waals surface area contributed by atoms with Crippen molar-refractivity contribution >= 4 is 0 Å². The molecular weight excluding hydrogens is 168 g/mol. The topological polar surface area (TPSA) is 52.8 Å². The van der Waals surface area contributed by atoms with Gasteiger partial charge in [-0.3, -0.25) is 0 Å². The third kappa shape index (κ3) is 1.48. The Morgan fingerprint density at radius 1 is 1.46 bits per heavy atom. The van der Waals surface area contributed by atoms with Crippen molar-refractivity contribution in [3.05, 3.63) is 30.6 Å². The first-order chi connectivity index (χ1) is 6.40. The van der Waals surface area contributed by atoms with Gasteiger partial charge in [0.05, 0.1) is 12.8 Å². The third-order valence-electron chi connectivity index (χ3n) is 1.61. The van der Waals surface area contributed by atoms with Crippen molar-refractivity contribution < 1.29 is 4.74 Å². The van der Waals surface area contributed by atoms with Crippen LogP contribution in [-0.4, -0.2) is 27.3 Å². The van der Waals surface area contributed by atoms with Gasteiger partial charge in [0, 0.05) is 6.07 Å². The first-order valence-electron chi connectivity index (χ1n) is 3.70. The zero-order valence-corrected chi connectivity index (χ0v) is 7.01. The van der Waals surface area contributed by atoms with E-state index in [1.807, 2.05) is 24.3 Å². The van der Waals surface area contributed by atoms with Gasteiger partial charge in [-0.25, -0.2) is 0 Å². The molecule has 1 heterocycles. The van der Waals surface area contributed by atoms with Crippen LogP contribution < -0.4 is 4.74 Å². The average molecular weight is 175 g/mol. The van der Waals surface area contributed by atoms with Gasteiger partial charge in [0.1, 0.15) is 5.75 Å². The molecule has 13 heavy (non-hydrogen) atoms. The van der Waals surface area contributed by atoms with Gasteiger partial charge in [-0.15, -0.1) is 5.10 Å². The lowest BCUT2D eigenvalue weighted by Gasteiger charge is -2.01. The van der Waals surface area contributed by atoms with E-state index >= 15 is 0 Å².